The highest BCUT2D eigenvalue weighted by molar-refractivity contribution is 7.11. The van der Waals surface area contributed by atoms with E-state index >= 15 is 0 Å². The predicted molar refractivity (Wildman–Crippen MR) is 124 cm³/mol. The van der Waals surface area contributed by atoms with E-state index < -0.39 is 0 Å². The van der Waals surface area contributed by atoms with Crippen LogP contribution < -0.4 is 15.5 Å². The number of amides is 2. The smallest absolute Gasteiger partial charge is 0.251 e. The molecule has 1 unspecified atom stereocenters. The number of thiazole rings is 1. The van der Waals surface area contributed by atoms with Crippen LogP contribution in [0.25, 0.3) is 0 Å². The summed E-state index contributed by atoms with van der Waals surface area (Å²) in [5.41, 5.74) is 1.72. The molecule has 0 saturated carbocycles. The molecule has 32 heavy (non-hydrogen) atoms. The maximum atomic E-state index is 12.4. The van der Waals surface area contributed by atoms with Crippen LogP contribution in [0.5, 0.6) is 0 Å². The van der Waals surface area contributed by atoms with Gasteiger partial charge in [-0.05, 0) is 36.6 Å². The molecular formula is C23H30N4O4S. The molecule has 1 atom stereocenters. The zero-order valence-electron chi connectivity index (χ0n) is 18.3. The molecule has 0 bridgehead atoms. The first-order chi connectivity index (χ1) is 15.5. The van der Waals surface area contributed by atoms with E-state index in [2.05, 4.69) is 20.5 Å². The Morgan fingerprint density at radius 1 is 1.12 bits per heavy atom. The second-order valence-electron chi connectivity index (χ2n) is 7.86. The van der Waals surface area contributed by atoms with Crippen LogP contribution in [0.15, 0.2) is 35.8 Å². The van der Waals surface area contributed by atoms with Gasteiger partial charge in [0.2, 0.25) is 5.91 Å². The summed E-state index contributed by atoms with van der Waals surface area (Å²) < 4.78 is 5.37. The van der Waals surface area contributed by atoms with Gasteiger partial charge in [0, 0.05) is 61.8 Å². The molecule has 9 heteroatoms. The molecule has 1 fully saturated rings. The second kappa shape index (κ2) is 12.3. The number of rotatable bonds is 11. The summed E-state index contributed by atoms with van der Waals surface area (Å²) in [6.45, 7) is 5.95. The molecular weight excluding hydrogens is 428 g/mol. The third-order valence-electron chi connectivity index (χ3n) is 5.31. The van der Waals surface area contributed by atoms with Crippen molar-refractivity contribution in [2.45, 2.75) is 26.2 Å². The highest BCUT2D eigenvalue weighted by Crippen LogP contribution is 2.17. The van der Waals surface area contributed by atoms with Crippen molar-refractivity contribution in [3.05, 3.63) is 46.4 Å². The number of nitrogens with zero attached hydrogens (tertiary/aromatic N) is 2. The molecule has 1 aromatic heterocycles. The van der Waals surface area contributed by atoms with Crippen molar-refractivity contribution in [2.24, 2.45) is 5.92 Å². The number of carbonyl (C=O) groups excluding carboxylic acids is 3. The molecule has 1 aliphatic rings. The van der Waals surface area contributed by atoms with Crippen LogP contribution in [0.1, 0.15) is 46.3 Å². The van der Waals surface area contributed by atoms with Crippen LogP contribution in [-0.2, 0) is 9.53 Å². The number of hydrogen-bond acceptors (Lipinski definition) is 7. The van der Waals surface area contributed by atoms with E-state index in [1.165, 1.54) is 11.3 Å². The lowest BCUT2D eigenvalue weighted by Gasteiger charge is -2.28. The van der Waals surface area contributed by atoms with Crippen LogP contribution in [0.4, 0.5) is 5.69 Å². The Bertz CT molecular complexity index is 880. The van der Waals surface area contributed by atoms with Crippen molar-refractivity contribution in [3.63, 3.8) is 0 Å². The van der Waals surface area contributed by atoms with Crippen molar-refractivity contribution in [1.82, 2.24) is 15.6 Å². The molecule has 2 aromatic rings. The number of carbonyl (C=O) groups is 3. The topological polar surface area (TPSA) is 101 Å². The van der Waals surface area contributed by atoms with Crippen molar-refractivity contribution in [3.8, 4) is 0 Å². The summed E-state index contributed by atoms with van der Waals surface area (Å²) in [5.74, 6) is -0.145. The first kappa shape index (κ1) is 23.9. The van der Waals surface area contributed by atoms with Gasteiger partial charge in [0.05, 0.1) is 13.2 Å². The minimum atomic E-state index is -0.115. The fourth-order valence-electron chi connectivity index (χ4n) is 3.45. The molecule has 1 aromatic carbocycles. The number of anilines is 1. The largest absolute Gasteiger partial charge is 0.378 e. The Hall–Kier alpha value is -2.78. The van der Waals surface area contributed by atoms with Gasteiger partial charge in [0.1, 0.15) is 0 Å². The first-order valence-electron chi connectivity index (χ1n) is 10.9. The van der Waals surface area contributed by atoms with Gasteiger partial charge in [0.25, 0.3) is 5.91 Å². The average molecular weight is 459 g/mol. The van der Waals surface area contributed by atoms with Crippen molar-refractivity contribution in [1.29, 1.82) is 0 Å². The van der Waals surface area contributed by atoms with Gasteiger partial charge < -0.3 is 20.3 Å². The van der Waals surface area contributed by atoms with Gasteiger partial charge in [-0.1, -0.05) is 6.92 Å². The molecule has 2 heterocycles. The van der Waals surface area contributed by atoms with E-state index in [1.807, 2.05) is 31.2 Å². The van der Waals surface area contributed by atoms with Gasteiger partial charge >= 0.3 is 0 Å². The standard InChI is InChI=1S/C23H30N4O4S/c1-17(16-21(29)24-9-7-20(28)23-26-10-15-32-23)6-8-25-22(30)18-2-4-19(5-3-18)27-11-13-31-14-12-27/h2-5,10,15,17H,6-9,11-14,16H2,1H3,(H,24,29)(H,25,30). The maximum Gasteiger partial charge on any atom is 0.251 e. The lowest BCUT2D eigenvalue weighted by Crippen LogP contribution is -2.36. The summed E-state index contributed by atoms with van der Waals surface area (Å²) in [4.78, 5) is 42.5. The molecule has 2 amide bonds. The van der Waals surface area contributed by atoms with E-state index in [0.29, 0.717) is 36.5 Å². The van der Waals surface area contributed by atoms with E-state index in [9.17, 15) is 14.4 Å². The summed E-state index contributed by atoms with van der Waals surface area (Å²) in [7, 11) is 0. The number of aromatic nitrogens is 1. The van der Waals surface area contributed by atoms with Crippen molar-refractivity contribution >= 4 is 34.6 Å². The molecule has 172 valence electrons. The van der Waals surface area contributed by atoms with Crippen LogP contribution in [-0.4, -0.2) is 62.0 Å². The minimum Gasteiger partial charge on any atom is -0.378 e. The number of nitrogens with one attached hydrogen (secondary N) is 2. The molecule has 0 aliphatic carbocycles. The van der Waals surface area contributed by atoms with Gasteiger partial charge in [-0.15, -0.1) is 11.3 Å². The molecule has 0 spiro atoms. The lowest BCUT2D eigenvalue weighted by atomic mass is 10.0. The number of Topliss-reactive ketones (excluding diaryl/α,β-unsaturated/α-hetero) is 1. The molecule has 2 N–H and O–H groups in total. The van der Waals surface area contributed by atoms with Gasteiger partial charge in [-0.2, -0.15) is 0 Å². The SMILES string of the molecule is CC(CCNC(=O)c1ccc(N2CCOCC2)cc1)CC(=O)NCCC(=O)c1nccs1. The number of benzene rings is 1. The number of ether oxygens (including phenoxy) is 1. The van der Waals surface area contributed by atoms with Gasteiger partial charge in [0.15, 0.2) is 10.8 Å². The summed E-state index contributed by atoms with van der Waals surface area (Å²) in [6, 6.07) is 7.60. The van der Waals surface area contributed by atoms with E-state index in [0.717, 1.165) is 32.0 Å². The Kier molecular flexibility index (Phi) is 9.18. The van der Waals surface area contributed by atoms with Crippen LogP contribution in [0, 0.1) is 5.92 Å². The van der Waals surface area contributed by atoms with Crippen LogP contribution in [0.2, 0.25) is 0 Å². The van der Waals surface area contributed by atoms with Crippen LogP contribution in [0.3, 0.4) is 0 Å². The Morgan fingerprint density at radius 2 is 1.88 bits per heavy atom. The number of hydrogen-bond donors (Lipinski definition) is 2. The predicted octanol–water partition coefficient (Wildman–Crippen LogP) is 2.52. The molecule has 1 aliphatic heterocycles. The van der Waals surface area contributed by atoms with Gasteiger partial charge in [-0.25, -0.2) is 4.98 Å². The third-order valence-corrected chi connectivity index (χ3v) is 6.12. The quantitative estimate of drug-likeness (QED) is 0.502. The fourth-order valence-corrected chi connectivity index (χ4v) is 4.06. The van der Waals surface area contributed by atoms with E-state index in [4.69, 9.17) is 4.74 Å². The number of ketones is 1. The number of morpholine rings is 1. The monoisotopic (exact) mass is 458 g/mol. The average Bonchev–Trinajstić information content (AvgIpc) is 3.35. The van der Waals surface area contributed by atoms with E-state index in [1.54, 1.807) is 11.6 Å². The maximum absolute atomic E-state index is 12.4. The first-order valence-corrected chi connectivity index (χ1v) is 11.8. The fraction of sp³-hybridized carbons (Fsp3) is 0.478. The zero-order valence-corrected chi connectivity index (χ0v) is 19.2. The Labute approximate surface area is 192 Å². The molecule has 0 radical (unpaired) electrons. The highest BCUT2D eigenvalue weighted by atomic mass is 32.1. The Balaban J connectivity index is 1.30. The Morgan fingerprint density at radius 3 is 2.56 bits per heavy atom. The third kappa shape index (κ3) is 7.42. The zero-order chi connectivity index (χ0) is 22.8. The second-order valence-corrected chi connectivity index (χ2v) is 8.76. The van der Waals surface area contributed by atoms with Crippen LogP contribution >= 0.6 is 11.3 Å². The van der Waals surface area contributed by atoms with Crippen molar-refractivity contribution in [2.75, 3.05) is 44.3 Å². The summed E-state index contributed by atoms with van der Waals surface area (Å²) >= 11 is 1.30. The van der Waals surface area contributed by atoms with Crippen molar-refractivity contribution < 1.29 is 19.1 Å². The highest BCUT2D eigenvalue weighted by Gasteiger charge is 2.14. The summed E-state index contributed by atoms with van der Waals surface area (Å²) in [5, 5.41) is 7.93. The molecule has 1 saturated heterocycles. The normalized spacial score (nSPS) is 14.6. The van der Waals surface area contributed by atoms with Gasteiger partial charge in [-0.3, -0.25) is 14.4 Å². The lowest BCUT2D eigenvalue weighted by molar-refractivity contribution is -0.121. The molecule has 3 rings (SSSR count). The summed E-state index contributed by atoms with van der Waals surface area (Å²) in [6.07, 6.45) is 2.89. The minimum absolute atomic E-state index is 0.0611. The van der Waals surface area contributed by atoms with E-state index in [-0.39, 0.29) is 29.9 Å². The molecule has 8 nitrogen and oxygen atoms in total.